The molecule has 0 aromatic heterocycles. The summed E-state index contributed by atoms with van der Waals surface area (Å²) >= 11 is 3.14. The van der Waals surface area contributed by atoms with E-state index in [0.717, 1.165) is 22.3 Å². The van der Waals surface area contributed by atoms with E-state index in [4.69, 9.17) is 5.73 Å². The Bertz CT molecular complexity index is 603. The quantitative estimate of drug-likeness (QED) is 0.870. The Labute approximate surface area is 119 Å². The molecule has 100 valence electrons. The summed E-state index contributed by atoms with van der Waals surface area (Å²) in [6.45, 7) is 3.65. The Morgan fingerprint density at radius 1 is 1.05 bits per heavy atom. The smallest absolute Gasteiger partial charge is 0.137 e. The third kappa shape index (κ3) is 2.85. The van der Waals surface area contributed by atoms with Crippen LogP contribution in [0, 0.1) is 25.5 Å². The first-order valence-corrected chi connectivity index (χ1v) is 6.66. The zero-order valence-corrected chi connectivity index (χ0v) is 12.3. The third-order valence-corrected chi connectivity index (χ3v) is 3.78. The van der Waals surface area contributed by atoms with E-state index >= 15 is 0 Å². The predicted molar refractivity (Wildman–Crippen MR) is 76.0 cm³/mol. The summed E-state index contributed by atoms with van der Waals surface area (Å²) in [4.78, 5) is 0. The molecule has 0 fully saturated rings. The van der Waals surface area contributed by atoms with Crippen LogP contribution >= 0.6 is 15.9 Å². The zero-order chi connectivity index (χ0) is 14.2. The summed E-state index contributed by atoms with van der Waals surface area (Å²) in [5.41, 5.74) is 9.47. The topological polar surface area (TPSA) is 26.0 Å². The molecule has 0 saturated carbocycles. The van der Waals surface area contributed by atoms with Crippen LogP contribution in [-0.2, 0) is 0 Å². The van der Waals surface area contributed by atoms with Gasteiger partial charge in [0.15, 0.2) is 0 Å². The molecular formula is C15H14BrF2N. The lowest BCUT2D eigenvalue weighted by molar-refractivity contribution is 0.618. The molecule has 2 rings (SSSR count). The van der Waals surface area contributed by atoms with Crippen molar-refractivity contribution in [1.29, 1.82) is 0 Å². The molecule has 0 aliphatic carbocycles. The van der Waals surface area contributed by atoms with Crippen LogP contribution in [-0.4, -0.2) is 0 Å². The molecule has 1 unspecified atom stereocenters. The van der Waals surface area contributed by atoms with Crippen LogP contribution in [0.5, 0.6) is 0 Å². The fourth-order valence-electron chi connectivity index (χ4n) is 2.28. The molecule has 2 aromatic carbocycles. The van der Waals surface area contributed by atoms with Crippen LogP contribution in [0.2, 0.25) is 0 Å². The molecule has 4 heteroatoms. The van der Waals surface area contributed by atoms with E-state index in [9.17, 15) is 8.78 Å². The Hall–Kier alpha value is -1.26. The minimum Gasteiger partial charge on any atom is -0.320 e. The average molecular weight is 326 g/mol. The summed E-state index contributed by atoms with van der Waals surface area (Å²) in [7, 11) is 0. The van der Waals surface area contributed by atoms with Crippen molar-refractivity contribution >= 4 is 15.9 Å². The van der Waals surface area contributed by atoms with Crippen molar-refractivity contribution in [3.63, 3.8) is 0 Å². The first-order chi connectivity index (χ1) is 8.90. The Morgan fingerprint density at radius 3 is 2.16 bits per heavy atom. The van der Waals surface area contributed by atoms with Crippen molar-refractivity contribution in [3.05, 3.63) is 68.7 Å². The molecule has 0 aliphatic rings. The van der Waals surface area contributed by atoms with Crippen LogP contribution in [0.3, 0.4) is 0 Å². The lowest BCUT2D eigenvalue weighted by Gasteiger charge is -2.18. The van der Waals surface area contributed by atoms with E-state index in [1.807, 2.05) is 13.8 Å². The second-order valence-corrected chi connectivity index (χ2v) is 5.46. The van der Waals surface area contributed by atoms with Gasteiger partial charge < -0.3 is 5.73 Å². The van der Waals surface area contributed by atoms with Gasteiger partial charge in [-0.2, -0.15) is 0 Å². The number of benzene rings is 2. The third-order valence-electron chi connectivity index (χ3n) is 3.17. The first-order valence-electron chi connectivity index (χ1n) is 5.87. The molecule has 0 radical (unpaired) electrons. The van der Waals surface area contributed by atoms with Gasteiger partial charge in [0.25, 0.3) is 0 Å². The van der Waals surface area contributed by atoms with E-state index in [0.29, 0.717) is 4.47 Å². The SMILES string of the molecule is Cc1cc(F)cc(C)c1C(N)c1ccc(F)c(Br)c1. The highest BCUT2D eigenvalue weighted by Crippen LogP contribution is 2.29. The van der Waals surface area contributed by atoms with Crippen molar-refractivity contribution in [2.24, 2.45) is 5.73 Å². The van der Waals surface area contributed by atoms with E-state index in [1.165, 1.54) is 18.2 Å². The number of hydrogen-bond donors (Lipinski definition) is 1. The fraction of sp³-hybridized carbons (Fsp3) is 0.200. The number of hydrogen-bond acceptors (Lipinski definition) is 1. The molecule has 0 bridgehead atoms. The molecular weight excluding hydrogens is 312 g/mol. The van der Waals surface area contributed by atoms with Gasteiger partial charge in [0, 0.05) is 0 Å². The van der Waals surface area contributed by atoms with Gasteiger partial charge in [0.2, 0.25) is 0 Å². The minimum absolute atomic E-state index is 0.272. The summed E-state index contributed by atoms with van der Waals surface area (Å²) in [6, 6.07) is 7.18. The van der Waals surface area contributed by atoms with Gasteiger partial charge in [-0.3, -0.25) is 0 Å². The molecule has 0 amide bonds. The number of nitrogens with two attached hydrogens (primary N) is 1. The van der Waals surface area contributed by atoms with Crippen LogP contribution in [0.1, 0.15) is 28.3 Å². The van der Waals surface area contributed by atoms with Crippen molar-refractivity contribution in [1.82, 2.24) is 0 Å². The van der Waals surface area contributed by atoms with Gasteiger partial charge >= 0.3 is 0 Å². The van der Waals surface area contributed by atoms with E-state index in [-0.39, 0.29) is 11.6 Å². The van der Waals surface area contributed by atoms with Gasteiger partial charge in [-0.05, 0) is 76.3 Å². The van der Waals surface area contributed by atoms with Gasteiger partial charge in [-0.1, -0.05) is 6.07 Å². The minimum atomic E-state index is -0.405. The lowest BCUT2D eigenvalue weighted by atomic mass is 9.92. The molecule has 0 aliphatic heterocycles. The van der Waals surface area contributed by atoms with Crippen LogP contribution < -0.4 is 5.73 Å². The number of halogens is 3. The maximum Gasteiger partial charge on any atom is 0.137 e. The second kappa shape index (κ2) is 5.39. The van der Waals surface area contributed by atoms with Gasteiger partial charge in [-0.25, -0.2) is 8.78 Å². The van der Waals surface area contributed by atoms with Crippen molar-refractivity contribution in [2.45, 2.75) is 19.9 Å². The monoisotopic (exact) mass is 325 g/mol. The summed E-state index contributed by atoms with van der Waals surface area (Å²) in [6.07, 6.45) is 0. The molecule has 1 atom stereocenters. The van der Waals surface area contributed by atoms with Crippen LogP contribution in [0.15, 0.2) is 34.8 Å². The zero-order valence-electron chi connectivity index (χ0n) is 10.7. The van der Waals surface area contributed by atoms with E-state index < -0.39 is 6.04 Å². The highest BCUT2D eigenvalue weighted by atomic mass is 79.9. The second-order valence-electron chi connectivity index (χ2n) is 4.60. The molecule has 0 heterocycles. The first kappa shape index (κ1) is 14.2. The maximum atomic E-state index is 13.3. The standard InChI is InChI=1S/C15H14BrF2N/c1-8-5-11(17)6-9(2)14(8)15(19)10-3-4-13(18)12(16)7-10/h3-7,15H,19H2,1-2H3. The van der Waals surface area contributed by atoms with E-state index in [2.05, 4.69) is 15.9 Å². The molecule has 0 saturated heterocycles. The fourth-order valence-corrected chi connectivity index (χ4v) is 2.68. The van der Waals surface area contributed by atoms with Gasteiger partial charge in [0.05, 0.1) is 10.5 Å². The normalized spacial score (nSPS) is 12.5. The van der Waals surface area contributed by atoms with Gasteiger partial charge in [0.1, 0.15) is 11.6 Å². The van der Waals surface area contributed by atoms with Crippen LogP contribution in [0.4, 0.5) is 8.78 Å². The number of aryl methyl sites for hydroxylation is 2. The lowest BCUT2D eigenvalue weighted by Crippen LogP contribution is -2.15. The molecule has 1 nitrogen and oxygen atoms in total. The van der Waals surface area contributed by atoms with Crippen molar-refractivity contribution in [2.75, 3.05) is 0 Å². The Kier molecular flexibility index (Phi) is 4.02. The van der Waals surface area contributed by atoms with Gasteiger partial charge in [-0.15, -0.1) is 0 Å². The Morgan fingerprint density at radius 2 is 1.63 bits per heavy atom. The highest BCUT2D eigenvalue weighted by molar-refractivity contribution is 9.10. The molecule has 2 N–H and O–H groups in total. The summed E-state index contributed by atoms with van der Waals surface area (Å²) < 4.78 is 26.9. The van der Waals surface area contributed by atoms with Crippen LogP contribution in [0.25, 0.3) is 0 Å². The largest absolute Gasteiger partial charge is 0.320 e. The van der Waals surface area contributed by atoms with E-state index in [1.54, 1.807) is 12.1 Å². The maximum absolute atomic E-state index is 13.3. The highest BCUT2D eigenvalue weighted by Gasteiger charge is 2.16. The molecule has 2 aromatic rings. The molecule has 19 heavy (non-hydrogen) atoms. The van der Waals surface area contributed by atoms with Crippen molar-refractivity contribution < 1.29 is 8.78 Å². The van der Waals surface area contributed by atoms with Crippen molar-refractivity contribution in [3.8, 4) is 0 Å². The summed E-state index contributed by atoms with van der Waals surface area (Å²) in [5, 5.41) is 0. The Balaban J connectivity index is 2.49. The average Bonchev–Trinajstić information content (AvgIpc) is 2.31. The summed E-state index contributed by atoms with van der Waals surface area (Å²) in [5.74, 6) is -0.602. The predicted octanol–water partition coefficient (Wildman–Crippen LogP) is 4.39. The molecule has 0 spiro atoms. The number of rotatable bonds is 2.